The van der Waals surface area contributed by atoms with E-state index in [9.17, 15) is 0 Å². The van der Waals surface area contributed by atoms with E-state index >= 15 is 0 Å². The van der Waals surface area contributed by atoms with E-state index in [4.69, 9.17) is 0 Å². The second-order valence-corrected chi connectivity index (χ2v) is 13.1. The largest absolute Gasteiger partial charge is 0.345 e. The molecule has 0 unspecified atom stereocenters. The van der Waals surface area contributed by atoms with Crippen LogP contribution in [0.15, 0.2) is 170 Å². The molecule has 3 heteroatoms. The van der Waals surface area contributed by atoms with Crippen LogP contribution in [-0.4, -0.2) is 7.05 Å². The Bertz CT molecular complexity index is 2280. The molecule has 0 fully saturated rings. The van der Waals surface area contributed by atoms with E-state index in [1.165, 1.54) is 53.7 Å². The Balaban J connectivity index is 1.05. The third-order valence-corrected chi connectivity index (χ3v) is 10.1. The number of anilines is 5. The van der Waals surface area contributed by atoms with Crippen molar-refractivity contribution in [3.8, 4) is 22.3 Å². The van der Waals surface area contributed by atoms with Crippen molar-refractivity contribution in [3.05, 3.63) is 175 Å². The van der Waals surface area contributed by atoms with Crippen LogP contribution in [0.5, 0.6) is 0 Å². The fourth-order valence-electron chi connectivity index (χ4n) is 6.33. The predicted octanol–water partition coefficient (Wildman–Crippen LogP) is 12.9. The van der Waals surface area contributed by atoms with E-state index in [1.54, 1.807) is 0 Å². The van der Waals surface area contributed by atoms with Crippen LogP contribution in [0.25, 0.3) is 42.4 Å². The third kappa shape index (κ3) is 5.67. The van der Waals surface area contributed by atoms with Gasteiger partial charge in [-0.2, -0.15) is 0 Å². The molecule has 0 spiro atoms. The molecule has 0 bridgehead atoms. The van der Waals surface area contributed by atoms with Gasteiger partial charge in [0.2, 0.25) is 0 Å². The lowest BCUT2D eigenvalue weighted by atomic mass is 10.0. The zero-order valence-electron chi connectivity index (χ0n) is 26.5. The molecule has 8 rings (SSSR count). The van der Waals surface area contributed by atoms with Crippen LogP contribution >= 0.6 is 11.3 Å². The molecule has 0 radical (unpaired) electrons. The number of fused-ring (bicyclic) bond motifs is 3. The molecule has 0 N–H and O–H groups in total. The Kier molecular flexibility index (Phi) is 7.53. The third-order valence-electron chi connectivity index (χ3n) is 8.99. The number of nitrogens with zero attached hydrogens (tertiary/aromatic N) is 2. The summed E-state index contributed by atoms with van der Waals surface area (Å²) in [6, 6.07) is 61.3. The topological polar surface area (TPSA) is 6.48 Å². The second kappa shape index (κ2) is 12.3. The van der Waals surface area contributed by atoms with Crippen LogP contribution in [0.1, 0.15) is 5.56 Å². The smallest absolute Gasteiger partial charge is 0.0462 e. The van der Waals surface area contributed by atoms with E-state index in [2.05, 4.69) is 194 Å². The summed E-state index contributed by atoms with van der Waals surface area (Å²) in [5, 5.41) is 2.64. The number of benzene rings is 7. The average molecular weight is 623 g/mol. The first-order chi connectivity index (χ1) is 23.1. The summed E-state index contributed by atoms with van der Waals surface area (Å²) >= 11 is 1.86. The highest BCUT2D eigenvalue weighted by Crippen LogP contribution is 2.39. The van der Waals surface area contributed by atoms with Gasteiger partial charge in [0, 0.05) is 55.7 Å². The molecule has 1 aromatic heterocycles. The Morgan fingerprint density at radius 3 is 1.43 bits per heavy atom. The van der Waals surface area contributed by atoms with Crippen LogP contribution in [0.4, 0.5) is 28.4 Å². The molecule has 0 amide bonds. The fourth-order valence-corrected chi connectivity index (χ4v) is 7.41. The molecule has 2 nitrogen and oxygen atoms in total. The first kappa shape index (κ1) is 28.8. The minimum atomic E-state index is 1.12. The first-order valence-electron chi connectivity index (χ1n) is 16.0. The van der Waals surface area contributed by atoms with Gasteiger partial charge in [0.1, 0.15) is 0 Å². The maximum Gasteiger partial charge on any atom is 0.0462 e. The minimum Gasteiger partial charge on any atom is -0.345 e. The van der Waals surface area contributed by atoms with Gasteiger partial charge in [-0.05, 0) is 102 Å². The van der Waals surface area contributed by atoms with E-state index in [-0.39, 0.29) is 0 Å². The van der Waals surface area contributed by atoms with Crippen molar-refractivity contribution in [1.29, 1.82) is 0 Å². The molecule has 0 atom stereocenters. The summed E-state index contributed by atoms with van der Waals surface area (Å²) in [4.78, 5) is 4.58. The molecular formula is C44H34N2S. The maximum absolute atomic E-state index is 2.31. The summed E-state index contributed by atoms with van der Waals surface area (Å²) in [5.41, 5.74) is 11.8. The summed E-state index contributed by atoms with van der Waals surface area (Å²) < 4.78 is 2.66. The highest BCUT2D eigenvalue weighted by atomic mass is 32.1. The minimum absolute atomic E-state index is 1.12. The average Bonchev–Trinajstić information content (AvgIpc) is 3.51. The molecule has 0 aliphatic carbocycles. The number of thiophene rings is 1. The van der Waals surface area contributed by atoms with Crippen molar-refractivity contribution in [2.24, 2.45) is 0 Å². The van der Waals surface area contributed by atoms with Gasteiger partial charge in [-0.15, -0.1) is 11.3 Å². The summed E-state index contributed by atoms with van der Waals surface area (Å²) in [6.07, 6.45) is 0. The lowest BCUT2D eigenvalue weighted by Gasteiger charge is -2.26. The Hall–Kier alpha value is -5.64. The van der Waals surface area contributed by atoms with Crippen molar-refractivity contribution in [1.82, 2.24) is 0 Å². The molecule has 8 aromatic rings. The quantitative estimate of drug-likeness (QED) is 0.174. The van der Waals surface area contributed by atoms with Crippen molar-refractivity contribution in [3.63, 3.8) is 0 Å². The van der Waals surface area contributed by atoms with Gasteiger partial charge >= 0.3 is 0 Å². The van der Waals surface area contributed by atoms with E-state index in [1.807, 2.05) is 11.3 Å². The Labute approximate surface area is 280 Å². The van der Waals surface area contributed by atoms with Crippen molar-refractivity contribution in [2.45, 2.75) is 6.92 Å². The normalized spacial score (nSPS) is 11.2. The summed E-state index contributed by atoms with van der Waals surface area (Å²) in [5.74, 6) is 0. The van der Waals surface area contributed by atoms with Gasteiger partial charge in [-0.3, -0.25) is 0 Å². The highest BCUT2D eigenvalue weighted by Gasteiger charge is 2.14. The number of hydrogen-bond acceptors (Lipinski definition) is 3. The lowest BCUT2D eigenvalue weighted by Crippen LogP contribution is -2.09. The van der Waals surface area contributed by atoms with E-state index in [0.717, 1.165) is 22.7 Å². The molecule has 0 aliphatic heterocycles. The molecule has 0 saturated heterocycles. The summed E-state index contributed by atoms with van der Waals surface area (Å²) in [7, 11) is 2.14. The highest BCUT2D eigenvalue weighted by molar-refractivity contribution is 7.25. The molecular weight excluding hydrogens is 589 g/mol. The van der Waals surface area contributed by atoms with Crippen molar-refractivity contribution in [2.75, 3.05) is 16.8 Å². The van der Waals surface area contributed by atoms with Gasteiger partial charge in [-0.25, -0.2) is 0 Å². The van der Waals surface area contributed by atoms with Crippen LogP contribution in [0, 0.1) is 6.92 Å². The van der Waals surface area contributed by atoms with Crippen molar-refractivity contribution < 1.29 is 0 Å². The molecule has 0 saturated carbocycles. The molecule has 0 aliphatic rings. The van der Waals surface area contributed by atoms with E-state index in [0.29, 0.717) is 0 Å². The second-order valence-electron chi connectivity index (χ2n) is 12.0. The standard InChI is InChI=1S/C44H34N2S/c1-31-12-14-32(15-13-31)34-18-24-38(25-19-34)46(37-8-4-3-5-9-37)39-26-20-35(21-27-39)33-16-22-36(23-17-33)45(2)40-28-29-44-42(30-40)41-10-6-7-11-43(41)47-44/h3-30H,1-2H3. The predicted molar refractivity (Wildman–Crippen MR) is 204 cm³/mol. The fraction of sp³-hybridized carbons (Fsp3) is 0.0455. The molecule has 226 valence electrons. The van der Waals surface area contributed by atoms with E-state index < -0.39 is 0 Å². The number of aryl methyl sites for hydroxylation is 1. The number of para-hydroxylation sites is 1. The van der Waals surface area contributed by atoms with Gasteiger partial charge in [-0.1, -0.05) is 103 Å². The Morgan fingerprint density at radius 1 is 0.383 bits per heavy atom. The molecule has 47 heavy (non-hydrogen) atoms. The zero-order valence-corrected chi connectivity index (χ0v) is 27.3. The number of hydrogen-bond donors (Lipinski definition) is 0. The zero-order chi connectivity index (χ0) is 31.7. The number of rotatable bonds is 7. The lowest BCUT2D eigenvalue weighted by molar-refractivity contribution is 1.21. The first-order valence-corrected chi connectivity index (χ1v) is 16.8. The molecule has 1 heterocycles. The van der Waals surface area contributed by atoms with Gasteiger partial charge < -0.3 is 9.80 Å². The maximum atomic E-state index is 2.31. The van der Waals surface area contributed by atoms with Gasteiger partial charge in [0.15, 0.2) is 0 Å². The van der Waals surface area contributed by atoms with Crippen LogP contribution in [0.2, 0.25) is 0 Å². The molecule has 7 aromatic carbocycles. The SMILES string of the molecule is Cc1ccc(-c2ccc(N(c3ccccc3)c3ccc(-c4ccc(N(C)c5ccc6sc7ccccc7c6c5)cc4)cc3)cc2)cc1. The summed E-state index contributed by atoms with van der Waals surface area (Å²) in [6.45, 7) is 2.12. The Morgan fingerprint density at radius 2 is 0.830 bits per heavy atom. The van der Waals surface area contributed by atoms with Crippen LogP contribution < -0.4 is 9.80 Å². The van der Waals surface area contributed by atoms with Crippen molar-refractivity contribution >= 4 is 59.9 Å². The monoisotopic (exact) mass is 622 g/mol. The van der Waals surface area contributed by atoms with Crippen LogP contribution in [0.3, 0.4) is 0 Å². The van der Waals surface area contributed by atoms with Gasteiger partial charge in [0.05, 0.1) is 0 Å². The van der Waals surface area contributed by atoms with Crippen LogP contribution in [-0.2, 0) is 0 Å². The van der Waals surface area contributed by atoms with Gasteiger partial charge in [0.25, 0.3) is 0 Å².